The molecule has 1 aliphatic heterocycles. The van der Waals surface area contributed by atoms with Gasteiger partial charge in [0.1, 0.15) is 0 Å². The van der Waals surface area contributed by atoms with Gasteiger partial charge in [-0.25, -0.2) is 0 Å². The van der Waals surface area contributed by atoms with E-state index in [1.54, 1.807) is 7.05 Å². The SMILES string of the molecule is CCCC1=Nc2cc(C(=O)NC)ccc2Nc2ccccc21. The second-order valence-corrected chi connectivity index (χ2v) is 5.29. The molecule has 0 aromatic heterocycles. The van der Waals surface area contributed by atoms with Crippen molar-refractivity contribution in [2.24, 2.45) is 4.99 Å². The van der Waals surface area contributed by atoms with E-state index in [1.165, 1.54) is 0 Å². The summed E-state index contributed by atoms with van der Waals surface area (Å²) in [7, 11) is 1.63. The molecule has 0 aliphatic carbocycles. The van der Waals surface area contributed by atoms with Crippen LogP contribution in [0.25, 0.3) is 0 Å². The lowest BCUT2D eigenvalue weighted by Crippen LogP contribution is -2.17. The Morgan fingerprint density at radius 2 is 2.00 bits per heavy atom. The van der Waals surface area contributed by atoms with E-state index < -0.39 is 0 Å². The first kappa shape index (κ1) is 14.3. The molecule has 0 spiro atoms. The number of para-hydroxylation sites is 1. The number of hydrogen-bond acceptors (Lipinski definition) is 3. The molecule has 112 valence electrons. The fraction of sp³-hybridized carbons (Fsp3) is 0.222. The maximum absolute atomic E-state index is 11.8. The van der Waals surface area contributed by atoms with E-state index in [0.29, 0.717) is 5.56 Å². The third-order valence-corrected chi connectivity index (χ3v) is 3.74. The Hall–Kier alpha value is -2.62. The van der Waals surface area contributed by atoms with Gasteiger partial charge in [-0.1, -0.05) is 31.5 Å². The van der Waals surface area contributed by atoms with Crippen molar-refractivity contribution in [3.8, 4) is 0 Å². The number of carbonyl (C=O) groups excluding carboxylic acids is 1. The van der Waals surface area contributed by atoms with E-state index in [2.05, 4.69) is 29.7 Å². The lowest BCUT2D eigenvalue weighted by atomic mass is 10.0. The van der Waals surface area contributed by atoms with Crippen molar-refractivity contribution in [3.63, 3.8) is 0 Å². The van der Waals surface area contributed by atoms with Crippen molar-refractivity contribution in [2.75, 3.05) is 12.4 Å². The van der Waals surface area contributed by atoms with Gasteiger partial charge in [0.25, 0.3) is 5.91 Å². The summed E-state index contributed by atoms with van der Waals surface area (Å²) in [6.45, 7) is 2.14. The Kier molecular flexibility index (Phi) is 3.92. The van der Waals surface area contributed by atoms with Crippen molar-refractivity contribution in [3.05, 3.63) is 53.6 Å². The van der Waals surface area contributed by atoms with Crippen LogP contribution < -0.4 is 10.6 Å². The molecule has 2 N–H and O–H groups in total. The average Bonchev–Trinajstić information content (AvgIpc) is 2.70. The van der Waals surface area contributed by atoms with Gasteiger partial charge in [0.05, 0.1) is 17.1 Å². The van der Waals surface area contributed by atoms with Crippen LogP contribution in [0.15, 0.2) is 47.5 Å². The van der Waals surface area contributed by atoms with Crippen LogP contribution in [-0.2, 0) is 0 Å². The van der Waals surface area contributed by atoms with E-state index in [0.717, 1.165) is 41.2 Å². The van der Waals surface area contributed by atoms with E-state index in [1.807, 2.05) is 30.3 Å². The molecule has 1 aliphatic rings. The molecular weight excluding hydrogens is 274 g/mol. The summed E-state index contributed by atoms with van der Waals surface area (Å²) in [6, 6.07) is 13.7. The largest absolute Gasteiger partial charge is 0.355 e. The highest BCUT2D eigenvalue weighted by Gasteiger charge is 2.16. The summed E-state index contributed by atoms with van der Waals surface area (Å²) in [5.41, 5.74) is 5.59. The van der Waals surface area contributed by atoms with Gasteiger partial charge in [0.2, 0.25) is 0 Å². The molecule has 3 rings (SSSR count). The van der Waals surface area contributed by atoms with Crippen molar-refractivity contribution in [2.45, 2.75) is 19.8 Å². The zero-order valence-electron chi connectivity index (χ0n) is 12.8. The topological polar surface area (TPSA) is 53.5 Å². The minimum absolute atomic E-state index is 0.100. The van der Waals surface area contributed by atoms with Crippen molar-refractivity contribution in [1.82, 2.24) is 5.32 Å². The Morgan fingerprint density at radius 1 is 1.18 bits per heavy atom. The lowest BCUT2D eigenvalue weighted by molar-refractivity contribution is 0.0963. The molecule has 0 fully saturated rings. The zero-order chi connectivity index (χ0) is 15.5. The molecule has 2 aromatic carbocycles. The number of amides is 1. The van der Waals surface area contributed by atoms with E-state index >= 15 is 0 Å². The normalized spacial score (nSPS) is 12.4. The second kappa shape index (κ2) is 6.02. The van der Waals surface area contributed by atoms with Gasteiger partial charge in [-0.2, -0.15) is 0 Å². The maximum Gasteiger partial charge on any atom is 0.251 e. The molecule has 1 amide bonds. The molecule has 2 aromatic rings. The first-order chi connectivity index (χ1) is 10.7. The molecule has 4 nitrogen and oxygen atoms in total. The molecule has 0 saturated heterocycles. The van der Waals surface area contributed by atoms with Crippen LogP contribution in [-0.4, -0.2) is 18.7 Å². The number of aliphatic imine (C=N–C) groups is 1. The smallest absolute Gasteiger partial charge is 0.251 e. The van der Waals surface area contributed by atoms with Crippen LogP contribution >= 0.6 is 0 Å². The molecular formula is C18H19N3O. The van der Waals surface area contributed by atoms with Crippen LogP contribution in [0.1, 0.15) is 35.7 Å². The fourth-order valence-corrected chi connectivity index (χ4v) is 2.64. The van der Waals surface area contributed by atoms with Gasteiger partial charge in [0.15, 0.2) is 0 Å². The average molecular weight is 293 g/mol. The molecule has 1 heterocycles. The number of nitrogens with one attached hydrogen (secondary N) is 2. The Bertz CT molecular complexity index is 750. The number of hydrogen-bond donors (Lipinski definition) is 2. The van der Waals surface area contributed by atoms with Gasteiger partial charge < -0.3 is 10.6 Å². The number of carbonyl (C=O) groups is 1. The highest BCUT2D eigenvalue weighted by Crippen LogP contribution is 2.35. The van der Waals surface area contributed by atoms with Crippen LogP contribution in [0.2, 0.25) is 0 Å². The van der Waals surface area contributed by atoms with E-state index in [9.17, 15) is 4.79 Å². The van der Waals surface area contributed by atoms with Crippen molar-refractivity contribution in [1.29, 1.82) is 0 Å². The summed E-state index contributed by atoms with van der Waals surface area (Å²) in [5.74, 6) is -0.100. The third kappa shape index (κ3) is 2.60. The van der Waals surface area contributed by atoms with Gasteiger partial charge in [0, 0.05) is 23.9 Å². The van der Waals surface area contributed by atoms with Crippen LogP contribution in [0.4, 0.5) is 17.1 Å². The zero-order valence-corrected chi connectivity index (χ0v) is 12.8. The predicted octanol–water partition coefficient (Wildman–Crippen LogP) is 4.02. The summed E-state index contributed by atoms with van der Waals surface area (Å²) in [4.78, 5) is 16.7. The Morgan fingerprint density at radius 3 is 2.77 bits per heavy atom. The molecule has 0 atom stereocenters. The third-order valence-electron chi connectivity index (χ3n) is 3.74. The fourth-order valence-electron chi connectivity index (χ4n) is 2.64. The molecule has 0 radical (unpaired) electrons. The number of benzene rings is 2. The molecule has 22 heavy (non-hydrogen) atoms. The molecule has 0 saturated carbocycles. The Labute approximate surface area is 130 Å². The van der Waals surface area contributed by atoms with E-state index in [-0.39, 0.29) is 5.91 Å². The first-order valence-corrected chi connectivity index (χ1v) is 7.53. The van der Waals surface area contributed by atoms with Gasteiger partial charge in [-0.3, -0.25) is 9.79 Å². The van der Waals surface area contributed by atoms with Crippen LogP contribution in [0.3, 0.4) is 0 Å². The minimum atomic E-state index is -0.100. The quantitative estimate of drug-likeness (QED) is 0.898. The maximum atomic E-state index is 11.8. The molecule has 4 heteroatoms. The molecule has 0 unspecified atom stereocenters. The van der Waals surface area contributed by atoms with Gasteiger partial charge in [-0.15, -0.1) is 0 Å². The van der Waals surface area contributed by atoms with E-state index in [4.69, 9.17) is 4.99 Å². The second-order valence-electron chi connectivity index (χ2n) is 5.29. The van der Waals surface area contributed by atoms with Crippen molar-refractivity contribution < 1.29 is 4.79 Å². The highest BCUT2D eigenvalue weighted by atomic mass is 16.1. The Balaban J connectivity index is 2.14. The summed E-state index contributed by atoms with van der Waals surface area (Å²) in [6.07, 6.45) is 1.93. The molecule has 0 bridgehead atoms. The monoisotopic (exact) mass is 293 g/mol. The number of fused-ring (bicyclic) bond motifs is 2. The summed E-state index contributed by atoms with van der Waals surface area (Å²) < 4.78 is 0. The summed E-state index contributed by atoms with van der Waals surface area (Å²) in [5, 5.41) is 6.08. The van der Waals surface area contributed by atoms with Gasteiger partial charge in [-0.05, 0) is 30.7 Å². The lowest BCUT2D eigenvalue weighted by Gasteiger charge is -2.10. The standard InChI is InChI=1S/C18H19N3O/c1-3-6-14-13-7-4-5-8-15(13)20-16-10-9-12(18(22)19-2)11-17(16)21-14/h4-5,7-11,20H,3,6H2,1-2H3,(H,19,22). The van der Waals surface area contributed by atoms with Crippen LogP contribution in [0, 0.1) is 0 Å². The number of rotatable bonds is 3. The van der Waals surface area contributed by atoms with Crippen molar-refractivity contribution >= 4 is 28.7 Å². The number of anilines is 2. The first-order valence-electron chi connectivity index (χ1n) is 7.53. The highest BCUT2D eigenvalue weighted by molar-refractivity contribution is 6.09. The number of nitrogens with zero attached hydrogens (tertiary/aromatic N) is 1. The van der Waals surface area contributed by atoms with Crippen LogP contribution in [0.5, 0.6) is 0 Å². The minimum Gasteiger partial charge on any atom is -0.355 e. The predicted molar refractivity (Wildman–Crippen MR) is 90.7 cm³/mol. The van der Waals surface area contributed by atoms with Gasteiger partial charge >= 0.3 is 0 Å². The summed E-state index contributed by atoms with van der Waals surface area (Å²) >= 11 is 0.